The fraction of sp³-hybridized carbons (Fsp3) is 0.462. The Morgan fingerprint density at radius 3 is 2.58 bits per heavy atom. The molecule has 2 N–H and O–H groups in total. The van der Waals surface area contributed by atoms with Crippen LogP contribution in [-0.4, -0.2) is 77.6 Å². The molecule has 3 amide bonds. The third kappa shape index (κ3) is 7.18. The number of amides is 3. The molecule has 11 heteroatoms. The van der Waals surface area contributed by atoms with E-state index in [0.29, 0.717) is 42.0 Å². The van der Waals surface area contributed by atoms with Gasteiger partial charge in [0.2, 0.25) is 17.7 Å². The standard InChI is InChI=1S/C39H46N4O7/c1-6-49-37(47)39-22-25(39)15-11-8-12-16-33(44)41-34(38(2,3)4)36(46)43-23-27(20-31(43)35(45)42-39)50-32-21-29(24-13-9-7-10-14-24)40-30-19-26(48-5)17-18-28(30)32/h7,9-11,13-15,17-19,21,25,27,31,34H,6,8,12,16,20,22-23H2,1-5H3,(H,41,44)(H,42,45)/b15-11-/t25-,27+,31-,34+,39+/m0/s1. The molecule has 50 heavy (non-hydrogen) atoms. The first-order chi connectivity index (χ1) is 23.9. The van der Waals surface area contributed by atoms with Crippen molar-refractivity contribution in [3.63, 3.8) is 0 Å². The number of pyridine rings is 1. The van der Waals surface area contributed by atoms with Gasteiger partial charge in [-0.2, -0.15) is 0 Å². The second-order valence-electron chi connectivity index (χ2n) is 14.4. The van der Waals surface area contributed by atoms with E-state index >= 15 is 0 Å². The zero-order chi connectivity index (χ0) is 35.6. The molecule has 2 aliphatic heterocycles. The summed E-state index contributed by atoms with van der Waals surface area (Å²) >= 11 is 0. The highest BCUT2D eigenvalue weighted by molar-refractivity contribution is 5.97. The summed E-state index contributed by atoms with van der Waals surface area (Å²) in [4.78, 5) is 61.5. The normalized spacial score (nSPS) is 26.4. The Bertz CT molecular complexity index is 1800. The number of hydrogen-bond donors (Lipinski definition) is 2. The number of benzene rings is 2. The number of ether oxygens (including phenoxy) is 3. The van der Waals surface area contributed by atoms with Crippen LogP contribution in [0.25, 0.3) is 22.2 Å². The molecule has 2 aromatic carbocycles. The molecule has 1 saturated carbocycles. The fourth-order valence-corrected chi connectivity index (χ4v) is 6.91. The minimum absolute atomic E-state index is 0.0930. The Balaban J connectivity index is 1.37. The molecular weight excluding hydrogens is 636 g/mol. The first-order valence-corrected chi connectivity index (χ1v) is 17.4. The third-order valence-electron chi connectivity index (χ3n) is 9.75. The predicted octanol–water partition coefficient (Wildman–Crippen LogP) is 4.97. The van der Waals surface area contributed by atoms with E-state index in [9.17, 15) is 19.2 Å². The van der Waals surface area contributed by atoms with Gasteiger partial charge in [-0.15, -0.1) is 0 Å². The Kier molecular flexibility index (Phi) is 9.87. The minimum Gasteiger partial charge on any atom is -0.497 e. The van der Waals surface area contributed by atoms with E-state index in [1.165, 1.54) is 4.90 Å². The molecule has 0 spiro atoms. The Hall–Kier alpha value is -4.93. The van der Waals surface area contributed by atoms with E-state index in [0.717, 1.165) is 10.9 Å². The minimum atomic E-state index is -1.21. The molecule has 3 aromatic rings. The lowest BCUT2D eigenvalue weighted by molar-refractivity contribution is -0.150. The van der Waals surface area contributed by atoms with E-state index < -0.39 is 41.0 Å². The van der Waals surface area contributed by atoms with Crippen molar-refractivity contribution in [2.24, 2.45) is 11.3 Å². The molecule has 1 aliphatic carbocycles. The van der Waals surface area contributed by atoms with Gasteiger partial charge in [0.25, 0.3) is 0 Å². The molecule has 6 rings (SSSR count). The van der Waals surface area contributed by atoms with Crippen molar-refractivity contribution in [2.75, 3.05) is 20.3 Å². The number of methoxy groups -OCH3 is 1. The van der Waals surface area contributed by atoms with E-state index in [4.69, 9.17) is 19.2 Å². The largest absolute Gasteiger partial charge is 0.497 e. The van der Waals surface area contributed by atoms with Crippen molar-refractivity contribution >= 4 is 34.6 Å². The average Bonchev–Trinajstić information content (AvgIpc) is 3.62. The smallest absolute Gasteiger partial charge is 0.332 e. The average molecular weight is 683 g/mol. The van der Waals surface area contributed by atoms with E-state index in [1.807, 2.05) is 87.5 Å². The Morgan fingerprint density at radius 1 is 1.08 bits per heavy atom. The highest BCUT2D eigenvalue weighted by Crippen LogP contribution is 2.46. The van der Waals surface area contributed by atoms with Gasteiger partial charge in [-0.25, -0.2) is 9.78 Å². The zero-order valence-corrected chi connectivity index (χ0v) is 29.4. The number of allylic oxidation sites excluding steroid dienone is 1. The molecule has 0 unspecified atom stereocenters. The lowest BCUT2D eigenvalue weighted by Gasteiger charge is -2.35. The molecule has 5 atom stereocenters. The highest BCUT2D eigenvalue weighted by Gasteiger charge is 2.62. The third-order valence-corrected chi connectivity index (χ3v) is 9.75. The summed E-state index contributed by atoms with van der Waals surface area (Å²) < 4.78 is 17.6. The lowest BCUT2D eigenvalue weighted by atomic mass is 9.85. The summed E-state index contributed by atoms with van der Waals surface area (Å²) in [5.41, 5.74) is 0.403. The van der Waals surface area contributed by atoms with Gasteiger partial charge in [-0.1, -0.05) is 63.3 Å². The van der Waals surface area contributed by atoms with Crippen molar-refractivity contribution in [3.05, 3.63) is 66.7 Å². The van der Waals surface area contributed by atoms with Crippen LogP contribution >= 0.6 is 0 Å². The summed E-state index contributed by atoms with van der Waals surface area (Å²) in [6.07, 6.45) is 5.30. The van der Waals surface area contributed by atoms with Crippen LogP contribution in [0, 0.1) is 11.3 Å². The van der Waals surface area contributed by atoms with Crippen molar-refractivity contribution in [3.8, 4) is 22.8 Å². The van der Waals surface area contributed by atoms with Gasteiger partial charge < -0.3 is 29.7 Å². The molecule has 0 bridgehead atoms. The number of carbonyl (C=O) groups excluding carboxylic acids is 4. The summed E-state index contributed by atoms with van der Waals surface area (Å²) in [6, 6.07) is 15.3. The van der Waals surface area contributed by atoms with Gasteiger partial charge in [0.1, 0.15) is 35.2 Å². The summed E-state index contributed by atoms with van der Waals surface area (Å²) in [6.45, 7) is 7.66. The van der Waals surface area contributed by atoms with Gasteiger partial charge in [0, 0.05) is 41.8 Å². The van der Waals surface area contributed by atoms with Crippen molar-refractivity contribution < 1.29 is 33.4 Å². The maximum atomic E-state index is 14.5. The van der Waals surface area contributed by atoms with Crippen LogP contribution in [0.2, 0.25) is 0 Å². The van der Waals surface area contributed by atoms with Crippen molar-refractivity contribution in [2.45, 2.75) is 83.5 Å². The maximum absolute atomic E-state index is 14.5. The van der Waals surface area contributed by atoms with Crippen LogP contribution in [0.3, 0.4) is 0 Å². The van der Waals surface area contributed by atoms with Crippen LogP contribution < -0.4 is 20.1 Å². The molecular formula is C39H46N4O7. The van der Waals surface area contributed by atoms with E-state index in [2.05, 4.69) is 10.6 Å². The Morgan fingerprint density at radius 2 is 1.86 bits per heavy atom. The fourth-order valence-electron chi connectivity index (χ4n) is 6.91. The molecule has 3 aliphatic rings. The van der Waals surface area contributed by atoms with Crippen LogP contribution in [0.4, 0.5) is 0 Å². The number of aromatic nitrogens is 1. The van der Waals surface area contributed by atoms with E-state index in [-0.39, 0.29) is 43.7 Å². The van der Waals surface area contributed by atoms with Gasteiger partial charge >= 0.3 is 5.97 Å². The summed E-state index contributed by atoms with van der Waals surface area (Å²) in [5, 5.41) is 6.73. The quantitative estimate of drug-likeness (QED) is 0.275. The van der Waals surface area contributed by atoms with Crippen molar-refractivity contribution in [1.82, 2.24) is 20.5 Å². The number of nitrogens with one attached hydrogen (secondary N) is 2. The second-order valence-corrected chi connectivity index (χ2v) is 14.4. The van der Waals surface area contributed by atoms with Crippen LogP contribution in [0.15, 0.2) is 66.7 Å². The number of rotatable bonds is 6. The molecule has 0 radical (unpaired) electrons. The number of carbonyl (C=O) groups is 4. The molecule has 11 nitrogen and oxygen atoms in total. The SMILES string of the molecule is CCOC(=O)[C@@]12C[C@@H]1/C=C\CCCC(=O)N[C@@H](C(C)(C)C)C(=O)N1C[C@H](Oc3cc(-c4ccccc4)nc4cc(OC)ccc34)C[C@H]1C(=O)N2. The summed E-state index contributed by atoms with van der Waals surface area (Å²) in [5.74, 6) is -0.613. The highest BCUT2D eigenvalue weighted by atomic mass is 16.5. The van der Waals surface area contributed by atoms with Crippen molar-refractivity contribution in [1.29, 1.82) is 0 Å². The molecule has 3 heterocycles. The van der Waals surface area contributed by atoms with Gasteiger partial charge in [0.15, 0.2) is 0 Å². The predicted molar refractivity (Wildman–Crippen MR) is 188 cm³/mol. The second kappa shape index (κ2) is 14.1. The van der Waals surface area contributed by atoms with E-state index in [1.54, 1.807) is 14.0 Å². The van der Waals surface area contributed by atoms with Gasteiger partial charge in [-0.3, -0.25) is 14.4 Å². The monoisotopic (exact) mass is 682 g/mol. The molecule has 1 aromatic heterocycles. The van der Waals surface area contributed by atoms with Gasteiger partial charge in [-0.05, 0) is 43.7 Å². The number of esters is 1. The molecule has 2 fully saturated rings. The van der Waals surface area contributed by atoms with Gasteiger partial charge in [0.05, 0.1) is 31.5 Å². The first-order valence-electron chi connectivity index (χ1n) is 17.4. The lowest BCUT2D eigenvalue weighted by Crippen LogP contribution is -2.59. The van der Waals surface area contributed by atoms with Crippen LogP contribution in [0.5, 0.6) is 11.5 Å². The molecule has 1 saturated heterocycles. The number of hydrogen-bond acceptors (Lipinski definition) is 8. The molecule has 264 valence electrons. The summed E-state index contributed by atoms with van der Waals surface area (Å²) in [7, 11) is 1.60. The topological polar surface area (TPSA) is 136 Å². The number of fused-ring (bicyclic) bond motifs is 3. The van der Waals surface area contributed by atoms with Crippen LogP contribution in [-0.2, 0) is 23.9 Å². The Labute approximate surface area is 292 Å². The van der Waals surface area contributed by atoms with Crippen LogP contribution in [0.1, 0.15) is 59.8 Å². The zero-order valence-electron chi connectivity index (χ0n) is 29.4. The number of nitrogens with zero attached hydrogens (tertiary/aromatic N) is 2. The first kappa shape index (κ1) is 34.9. The maximum Gasteiger partial charge on any atom is 0.332 e.